The van der Waals surface area contributed by atoms with E-state index in [9.17, 15) is 28.8 Å². The maximum Gasteiger partial charge on any atom is 0.250 e. The Hall–Kier alpha value is -0.360. The van der Waals surface area contributed by atoms with Crippen LogP contribution in [0.3, 0.4) is 0 Å². The van der Waals surface area contributed by atoms with Crippen LogP contribution in [-0.2, 0) is 9.59 Å². The summed E-state index contributed by atoms with van der Waals surface area (Å²) in [6.07, 6.45) is -0.702. The van der Waals surface area contributed by atoms with E-state index in [0.717, 1.165) is 0 Å². The van der Waals surface area contributed by atoms with Gasteiger partial charge in [-0.05, 0) is 136 Å². The van der Waals surface area contributed by atoms with Gasteiger partial charge in [0.25, 0.3) is 23.6 Å². The molecule has 0 radical (unpaired) electrons. The Balaban J connectivity index is 2.45. The second kappa shape index (κ2) is 13.3. The van der Waals surface area contributed by atoms with Gasteiger partial charge in [-0.1, -0.05) is 0 Å². The van der Waals surface area contributed by atoms with Gasteiger partial charge in [0.1, 0.15) is 6.42 Å². The highest BCUT2D eigenvalue weighted by Gasteiger charge is 2.29. The summed E-state index contributed by atoms with van der Waals surface area (Å²) in [5, 5.41) is 5.05. The smallest absolute Gasteiger partial charge is 0.250 e. The van der Waals surface area contributed by atoms with Gasteiger partial charge in [-0.3, -0.25) is 28.8 Å². The van der Waals surface area contributed by atoms with Crippen molar-refractivity contribution in [3.05, 3.63) is 43.7 Å². The van der Waals surface area contributed by atoms with E-state index in [1.54, 1.807) is 136 Å². The number of anilines is 2. The molecule has 0 aromatic heterocycles. The minimum Gasteiger partial charge on any atom is -0.366 e. The lowest BCUT2D eigenvalue weighted by molar-refractivity contribution is -0.123. The lowest BCUT2D eigenvalue weighted by Crippen LogP contribution is -2.27. The summed E-state index contributed by atoms with van der Waals surface area (Å²) in [7, 11) is 0. The standard InChI is InChI=1S/C19H12I6N6O6/c20-8-4(16(26)34)10(22)14(11(23)5(8)17(27)35)30-2(32)1-3(33)31-15-12(24)6(18(28)36)9(21)7(13(15)25)19(29)37/h1H2,(H2,26,34)(H2,27,35)(H2,28,36)(H2,29,37)(H,30,32)(H,31,33). The Morgan fingerprint density at radius 2 is 0.676 bits per heavy atom. The topological polar surface area (TPSA) is 231 Å². The average Bonchev–Trinajstić information content (AvgIpc) is 2.73. The number of nitrogens with one attached hydrogen (secondary N) is 2. The fourth-order valence-corrected chi connectivity index (χ4v) is 11.9. The molecule has 18 heteroatoms. The maximum absolute atomic E-state index is 12.8. The number of halogens is 6. The lowest BCUT2D eigenvalue weighted by Gasteiger charge is -2.18. The van der Waals surface area contributed by atoms with Gasteiger partial charge in [0.15, 0.2) is 0 Å². The molecular weight excluding hydrogens is 1170 g/mol. The molecule has 37 heavy (non-hydrogen) atoms. The minimum atomic E-state index is -0.834. The molecule has 0 atom stereocenters. The van der Waals surface area contributed by atoms with E-state index in [1.165, 1.54) is 0 Å². The zero-order valence-electron chi connectivity index (χ0n) is 17.7. The predicted octanol–water partition coefficient (Wildman–Crippen LogP) is 2.68. The third kappa shape index (κ3) is 7.05. The van der Waals surface area contributed by atoms with E-state index < -0.39 is 41.9 Å². The van der Waals surface area contributed by atoms with Gasteiger partial charge < -0.3 is 33.6 Å². The number of hydrogen-bond donors (Lipinski definition) is 6. The zero-order chi connectivity index (χ0) is 28.5. The Bertz CT molecular complexity index is 1240. The molecule has 0 fully saturated rings. The highest BCUT2D eigenvalue weighted by molar-refractivity contribution is 14.1. The number of amides is 6. The van der Waals surface area contributed by atoms with Gasteiger partial charge in [-0.15, -0.1) is 0 Å². The van der Waals surface area contributed by atoms with Crippen LogP contribution in [0.15, 0.2) is 0 Å². The van der Waals surface area contributed by atoms with Crippen LogP contribution < -0.4 is 33.6 Å². The minimum absolute atomic E-state index is 0.00359. The molecule has 0 aliphatic heterocycles. The van der Waals surface area contributed by atoms with Crippen LogP contribution in [0.4, 0.5) is 11.4 Å². The van der Waals surface area contributed by atoms with E-state index >= 15 is 0 Å². The maximum atomic E-state index is 12.8. The molecule has 2 rings (SSSR count). The Labute approximate surface area is 290 Å². The molecule has 0 aliphatic rings. The third-order valence-corrected chi connectivity index (χ3v) is 10.9. The summed E-state index contributed by atoms with van der Waals surface area (Å²) in [5.41, 5.74) is 22.0. The fraction of sp³-hybridized carbons (Fsp3) is 0.0526. The van der Waals surface area contributed by atoms with E-state index in [2.05, 4.69) is 10.6 Å². The van der Waals surface area contributed by atoms with Gasteiger partial charge in [0, 0.05) is 7.14 Å². The Kier molecular flexibility index (Phi) is 11.8. The highest BCUT2D eigenvalue weighted by Crippen LogP contribution is 2.37. The molecule has 0 saturated heterocycles. The van der Waals surface area contributed by atoms with Crippen molar-refractivity contribution in [1.29, 1.82) is 0 Å². The number of nitrogens with two attached hydrogens (primary N) is 4. The number of primary amides is 4. The summed E-state index contributed by atoms with van der Waals surface area (Å²) >= 11 is 10.7. The second-order valence-corrected chi connectivity index (χ2v) is 13.3. The Morgan fingerprint density at radius 3 is 0.865 bits per heavy atom. The van der Waals surface area contributed by atoms with Crippen LogP contribution in [-0.4, -0.2) is 35.4 Å². The molecule has 0 bridgehead atoms. The largest absolute Gasteiger partial charge is 0.366 e. The monoisotopic (exact) mass is 1180 g/mol. The first-order valence-electron chi connectivity index (χ1n) is 9.22. The number of carbonyl (C=O) groups is 6. The van der Waals surface area contributed by atoms with Gasteiger partial charge in [-0.25, -0.2) is 0 Å². The van der Waals surface area contributed by atoms with Gasteiger partial charge in [0.2, 0.25) is 11.8 Å². The number of carbonyl (C=O) groups excluding carboxylic acids is 6. The van der Waals surface area contributed by atoms with Crippen LogP contribution in [0.5, 0.6) is 0 Å². The summed E-state index contributed by atoms with van der Waals surface area (Å²) in [4.78, 5) is 73.5. The van der Waals surface area contributed by atoms with Gasteiger partial charge >= 0.3 is 0 Å². The third-order valence-electron chi connectivity index (χ3n) is 4.47. The van der Waals surface area contributed by atoms with Crippen molar-refractivity contribution < 1.29 is 28.8 Å². The Morgan fingerprint density at radius 1 is 0.459 bits per heavy atom. The summed E-state index contributed by atoms with van der Waals surface area (Å²) < 4.78 is 1.52. The first-order chi connectivity index (χ1) is 17.0. The molecule has 12 nitrogen and oxygen atoms in total. The van der Waals surface area contributed by atoms with Crippen LogP contribution >= 0.6 is 136 Å². The number of rotatable bonds is 8. The molecular formula is C19H12I6N6O6. The van der Waals surface area contributed by atoms with Crippen molar-refractivity contribution in [1.82, 2.24) is 0 Å². The van der Waals surface area contributed by atoms with Crippen LogP contribution in [0.25, 0.3) is 0 Å². The molecule has 2 aromatic rings. The second-order valence-electron chi connectivity index (χ2n) is 6.86. The first-order valence-corrected chi connectivity index (χ1v) is 15.7. The van der Waals surface area contributed by atoms with Crippen molar-refractivity contribution in [2.24, 2.45) is 22.9 Å². The van der Waals surface area contributed by atoms with Crippen molar-refractivity contribution in [3.8, 4) is 0 Å². The summed E-state index contributed by atoms with van der Waals surface area (Å²) in [6, 6.07) is 0. The molecule has 0 heterocycles. The molecule has 10 N–H and O–H groups in total. The molecule has 0 spiro atoms. The quantitative estimate of drug-likeness (QED) is 0.172. The average molecular weight is 1180 g/mol. The fourth-order valence-electron chi connectivity index (χ4n) is 2.93. The van der Waals surface area contributed by atoms with Crippen molar-refractivity contribution in [2.75, 3.05) is 10.6 Å². The summed E-state index contributed by atoms with van der Waals surface area (Å²) in [6.45, 7) is 0. The van der Waals surface area contributed by atoms with Crippen molar-refractivity contribution in [2.45, 2.75) is 6.42 Å². The summed E-state index contributed by atoms with van der Waals surface area (Å²) in [5.74, 6) is -4.92. The van der Waals surface area contributed by atoms with Gasteiger partial charge in [0.05, 0.1) is 47.9 Å². The highest BCUT2D eigenvalue weighted by atomic mass is 127. The van der Waals surface area contributed by atoms with Crippen molar-refractivity contribution in [3.63, 3.8) is 0 Å². The van der Waals surface area contributed by atoms with Crippen LogP contribution in [0.1, 0.15) is 47.9 Å². The van der Waals surface area contributed by atoms with Crippen molar-refractivity contribution >= 4 is 182 Å². The predicted molar refractivity (Wildman–Crippen MR) is 185 cm³/mol. The van der Waals surface area contributed by atoms with E-state index in [-0.39, 0.29) is 55.0 Å². The van der Waals surface area contributed by atoms with Crippen LogP contribution in [0, 0.1) is 21.4 Å². The molecule has 196 valence electrons. The molecule has 0 saturated carbocycles. The van der Waals surface area contributed by atoms with E-state index in [4.69, 9.17) is 22.9 Å². The van der Waals surface area contributed by atoms with E-state index in [1.807, 2.05) is 0 Å². The van der Waals surface area contributed by atoms with Crippen LogP contribution in [0.2, 0.25) is 0 Å². The van der Waals surface area contributed by atoms with Gasteiger partial charge in [-0.2, -0.15) is 0 Å². The molecule has 6 amide bonds. The first kappa shape index (κ1) is 32.8. The molecule has 2 aromatic carbocycles. The lowest BCUT2D eigenvalue weighted by atomic mass is 10.1. The SMILES string of the molecule is NC(=O)c1c(I)c(NC(=O)CC(=O)Nc2c(I)c(C(N)=O)c(I)c(C(N)=O)c2I)c(I)c(C(N)=O)c1I. The zero-order valence-corrected chi connectivity index (χ0v) is 30.7. The molecule has 0 aliphatic carbocycles. The number of benzene rings is 2. The van der Waals surface area contributed by atoms with E-state index in [0.29, 0.717) is 0 Å². The normalized spacial score (nSPS) is 10.5. The number of hydrogen-bond acceptors (Lipinski definition) is 6. The molecule has 0 unspecified atom stereocenters.